The number of nitrogens with one attached hydrogen (secondary N) is 1. The van der Waals surface area contributed by atoms with Crippen LogP contribution in [0.15, 0.2) is 12.1 Å². The number of hydrogen-bond donors (Lipinski definition) is 2. The van der Waals surface area contributed by atoms with Gasteiger partial charge in [0.05, 0.1) is 15.7 Å². The molecule has 0 aromatic heterocycles. The lowest BCUT2D eigenvalue weighted by Crippen LogP contribution is -2.38. The maximum Gasteiger partial charge on any atom is 0.251 e. The summed E-state index contributed by atoms with van der Waals surface area (Å²) in [7, 11) is 0. The van der Waals surface area contributed by atoms with Crippen molar-refractivity contribution in [2.24, 2.45) is 5.92 Å². The third kappa shape index (κ3) is 4.27. The number of carbonyl (C=O) groups excluding carboxylic acids is 1. The highest BCUT2D eigenvalue weighted by atomic mass is 35.5. The largest absolute Gasteiger partial charge is 0.396 e. The summed E-state index contributed by atoms with van der Waals surface area (Å²) >= 11 is 12.0. The summed E-state index contributed by atoms with van der Waals surface area (Å²) in [6, 6.07) is 3.29. The van der Waals surface area contributed by atoms with Gasteiger partial charge in [0.15, 0.2) is 0 Å². The molecule has 1 aliphatic rings. The zero-order chi connectivity index (χ0) is 15.4. The number of hydrogen-bond acceptors (Lipinski definition) is 2. The number of rotatable bonds is 3. The number of nitrogens with two attached hydrogens (primary N) is 1. The van der Waals surface area contributed by atoms with Crippen LogP contribution in [0.5, 0.6) is 0 Å². The van der Waals surface area contributed by atoms with Crippen molar-refractivity contribution >= 4 is 34.8 Å². The molecule has 1 aliphatic carbocycles. The van der Waals surface area contributed by atoms with Crippen LogP contribution in [0.2, 0.25) is 10.0 Å². The highest BCUT2D eigenvalue weighted by Crippen LogP contribution is 2.29. The van der Waals surface area contributed by atoms with Gasteiger partial charge in [0.25, 0.3) is 5.91 Å². The first-order chi connectivity index (χ1) is 9.99. The van der Waals surface area contributed by atoms with Gasteiger partial charge in [-0.25, -0.2) is 0 Å². The van der Waals surface area contributed by atoms with Crippen LogP contribution in [0.3, 0.4) is 0 Å². The van der Waals surface area contributed by atoms with E-state index in [2.05, 4.69) is 12.2 Å². The summed E-state index contributed by atoms with van der Waals surface area (Å²) in [5.74, 6) is 0.409. The highest BCUT2D eigenvalue weighted by Gasteiger charge is 2.21. The predicted molar refractivity (Wildman–Crippen MR) is 89.0 cm³/mol. The van der Waals surface area contributed by atoms with Gasteiger partial charge in [0.1, 0.15) is 0 Å². The number of benzene rings is 1. The first kappa shape index (κ1) is 16.4. The SMILES string of the molecule is C[C@H](NC(=O)c1cc(Cl)c(N)c(Cl)c1)C1CCCCCC1. The molecule has 0 aliphatic heterocycles. The summed E-state index contributed by atoms with van der Waals surface area (Å²) in [6.45, 7) is 2.08. The van der Waals surface area contributed by atoms with Crippen LogP contribution in [0.4, 0.5) is 5.69 Å². The summed E-state index contributed by atoms with van der Waals surface area (Å²) in [5, 5.41) is 3.70. The first-order valence-electron chi connectivity index (χ1n) is 7.54. The molecule has 116 valence electrons. The standard InChI is InChI=1S/C16H22Cl2N2O/c1-10(11-6-4-2-3-5-7-11)20-16(21)12-8-13(17)15(19)14(18)9-12/h8-11H,2-7,19H2,1H3,(H,20,21)/t10-/m0/s1. The monoisotopic (exact) mass is 328 g/mol. The van der Waals surface area contributed by atoms with Gasteiger partial charge in [0.2, 0.25) is 0 Å². The Morgan fingerprint density at radius 3 is 2.24 bits per heavy atom. The smallest absolute Gasteiger partial charge is 0.251 e. The molecule has 1 aromatic rings. The van der Waals surface area contributed by atoms with Crippen molar-refractivity contribution in [1.82, 2.24) is 5.32 Å². The van der Waals surface area contributed by atoms with E-state index in [0.29, 0.717) is 27.2 Å². The zero-order valence-corrected chi connectivity index (χ0v) is 13.8. The second-order valence-corrected chi connectivity index (χ2v) is 6.68. The van der Waals surface area contributed by atoms with Crippen molar-refractivity contribution in [1.29, 1.82) is 0 Å². The fraction of sp³-hybridized carbons (Fsp3) is 0.562. The number of carbonyl (C=O) groups is 1. The summed E-state index contributed by atoms with van der Waals surface area (Å²) in [6.07, 6.45) is 7.49. The molecule has 1 saturated carbocycles. The molecule has 0 saturated heterocycles. The van der Waals surface area contributed by atoms with Gasteiger partial charge in [-0.05, 0) is 37.8 Å². The van der Waals surface area contributed by atoms with Crippen molar-refractivity contribution in [3.63, 3.8) is 0 Å². The van der Waals surface area contributed by atoms with Crippen LogP contribution in [0.25, 0.3) is 0 Å². The maximum atomic E-state index is 12.3. The average molecular weight is 329 g/mol. The molecule has 0 unspecified atom stereocenters. The number of anilines is 1. The lowest BCUT2D eigenvalue weighted by Gasteiger charge is -2.23. The molecule has 3 N–H and O–H groups in total. The second kappa shape index (κ2) is 7.37. The second-order valence-electron chi connectivity index (χ2n) is 5.87. The minimum atomic E-state index is -0.143. The average Bonchev–Trinajstić information content (AvgIpc) is 2.73. The molecule has 0 heterocycles. The van der Waals surface area contributed by atoms with Crippen molar-refractivity contribution in [2.75, 3.05) is 5.73 Å². The van der Waals surface area contributed by atoms with E-state index in [1.54, 1.807) is 12.1 Å². The first-order valence-corrected chi connectivity index (χ1v) is 8.30. The molecule has 3 nitrogen and oxygen atoms in total. The molecule has 1 fully saturated rings. The fourth-order valence-electron chi connectivity index (χ4n) is 2.93. The van der Waals surface area contributed by atoms with E-state index in [4.69, 9.17) is 28.9 Å². The van der Waals surface area contributed by atoms with E-state index in [1.807, 2.05) is 0 Å². The van der Waals surface area contributed by atoms with Crippen LogP contribution >= 0.6 is 23.2 Å². The molecule has 0 radical (unpaired) electrons. The Hall–Kier alpha value is -0.930. The zero-order valence-electron chi connectivity index (χ0n) is 12.3. The Morgan fingerprint density at radius 2 is 1.71 bits per heavy atom. The molecule has 1 aromatic carbocycles. The molecule has 0 spiro atoms. The molecule has 21 heavy (non-hydrogen) atoms. The molecule has 5 heteroatoms. The topological polar surface area (TPSA) is 55.1 Å². The van der Waals surface area contributed by atoms with E-state index in [1.165, 1.54) is 38.5 Å². The number of amides is 1. The molecule has 1 amide bonds. The van der Waals surface area contributed by atoms with Crippen LogP contribution in [0.1, 0.15) is 55.8 Å². The highest BCUT2D eigenvalue weighted by molar-refractivity contribution is 6.39. The predicted octanol–water partition coefficient (Wildman–Crippen LogP) is 4.66. The summed E-state index contributed by atoms with van der Waals surface area (Å²) in [5.41, 5.74) is 6.46. The Labute approximate surface area is 136 Å². The van der Waals surface area contributed by atoms with Crippen LogP contribution in [0, 0.1) is 5.92 Å². The Morgan fingerprint density at radius 1 is 1.19 bits per heavy atom. The molecular weight excluding hydrogens is 307 g/mol. The number of nitrogen functional groups attached to an aromatic ring is 1. The van der Waals surface area contributed by atoms with Gasteiger partial charge in [-0.1, -0.05) is 48.9 Å². The molecular formula is C16H22Cl2N2O. The van der Waals surface area contributed by atoms with Gasteiger partial charge < -0.3 is 11.1 Å². The lowest BCUT2D eigenvalue weighted by molar-refractivity contribution is 0.0924. The van der Waals surface area contributed by atoms with E-state index >= 15 is 0 Å². The third-order valence-electron chi connectivity index (χ3n) is 4.31. The van der Waals surface area contributed by atoms with Gasteiger partial charge in [0, 0.05) is 11.6 Å². The Bertz CT molecular complexity index is 488. The van der Waals surface area contributed by atoms with Gasteiger partial charge >= 0.3 is 0 Å². The minimum absolute atomic E-state index is 0.143. The van der Waals surface area contributed by atoms with E-state index in [9.17, 15) is 4.79 Å². The Balaban J connectivity index is 2.03. The molecule has 1 atom stereocenters. The van der Waals surface area contributed by atoms with E-state index in [-0.39, 0.29) is 11.9 Å². The maximum absolute atomic E-state index is 12.3. The summed E-state index contributed by atoms with van der Waals surface area (Å²) in [4.78, 5) is 12.3. The number of halogens is 2. The van der Waals surface area contributed by atoms with Crippen molar-refractivity contribution in [3.05, 3.63) is 27.7 Å². The quantitative estimate of drug-likeness (QED) is 0.626. The van der Waals surface area contributed by atoms with E-state index in [0.717, 1.165) is 0 Å². The van der Waals surface area contributed by atoms with Crippen molar-refractivity contribution in [3.8, 4) is 0 Å². The van der Waals surface area contributed by atoms with Crippen molar-refractivity contribution in [2.45, 2.75) is 51.5 Å². The molecule has 2 rings (SSSR count). The third-order valence-corrected chi connectivity index (χ3v) is 4.93. The van der Waals surface area contributed by atoms with Crippen LogP contribution in [-0.2, 0) is 0 Å². The van der Waals surface area contributed by atoms with Gasteiger partial charge in [-0.15, -0.1) is 0 Å². The van der Waals surface area contributed by atoms with Gasteiger partial charge in [-0.2, -0.15) is 0 Å². The Kier molecular flexibility index (Phi) is 5.77. The minimum Gasteiger partial charge on any atom is -0.396 e. The van der Waals surface area contributed by atoms with E-state index < -0.39 is 0 Å². The van der Waals surface area contributed by atoms with Crippen molar-refractivity contribution < 1.29 is 4.79 Å². The molecule has 0 bridgehead atoms. The fourth-order valence-corrected chi connectivity index (χ4v) is 3.42. The summed E-state index contributed by atoms with van der Waals surface area (Å²) < 4.78 is 0. The van der Waals surface area contributed by atoms with Gasteiger partial charge in [-0.3, -0.25) is 4.79 Å². The van der Waals surface area contributed by atoms with Crippen LogP contribution in [-0.4, -0.2) is 11.9 Å². The lowest BCUT2D eigenvalue weighted by atomic mass is 9.93. The normalized spacial score (nSPS) is 18.0. The van der Waals surface area contributed by atoms with Crippen LogP contribution < -0.4 is 11.1 Å².